The highest BCUT2D eigenvalue weighted by Crippen LogP contribution is 2.52. The topological polar surface area (TPSA) is 29.5 Å². The highest BCUT2D eigenvalue weighted by molar-refractivity contribution is 5.99. The molecule has 1 unspecified atom stereocenters. The molecule has 0 saturated heterocycles. The minimum absolute atomic E-state index is 0.0965. The first-order valence-corrected chi connectivity index (χ1v) is 9.04. The van der Waals surface area contributed by atoms with Crippen LogP contribution in [0.2, 0.25) is 0 Å². The lowest BCUT2D eigenvalue weighted by atomic mass is 9.64. The van der Waals surface area contributed by atoms with Crippen molar-refractivity contribution in [1.29, 1.82) is 0 Å². The summed E-state index contributed by atoms with van der Waals surface area (Å²) >= 11 is 0. The van der Waals surface area contributed by atoms with Gasteiger partial charge in [-0.15, -0.1) is 0 Å². The molecule has 0 aliphatic carbocycles. The maximum Gasteiger partial charge on any atom is 0.341 e. The van der Waals surface area contributed by atoms with Crippen LogP contribution in [0.1, 0.15) is 61.2 Å². The quantitative estimate of drug-likeness (QED) is 0.747. The van der Waals surface area contributed by atoms with Crippen LogP contribution in [0.5, 0.6) is 0 Å². The maximum atomic E-state index is 12.5. The molecule has 0 amide bonds. The molecule has 4 rings (SSSR count). The van der Waals surface area contributed by atoms with Gasteiger partial charge < -0.3 is 9.64 Å². The van der Waals surface area contributed by atoms with Gasteiger partial charge in [-0.1, -0.05) is 50.2 Å². The SMILES string of the molecule is CCc1cc2c3c(c1)C(C)(c1ccccc1)CC(C)(C)N3COC2=O. The molecule has 2 aromatic carbocycles. The third-order valence-electron chi connectivity index (χ3n) is 5.91. The summed E-state index contributed by atoms with van der Waals surface area (Å²) < 4.78 is 5.49. The van der Waals surface area contributed by atoms with Crippen LogP contribution >= 0.6 is 0 Å². The van der Waals surface area contributed by atoms with Crippen molar-refractivity contribution in [2.75, 3.05) is 11.6 Å². The van der Waals surface area contributed by atoms with Crippen molar-refractivity contribution in [3.05, 3.63) is 64.7 Å². The standard InChI is InChI=1S/C22H25NO2/c1-5-15-11-17-19-18(12-15)22(4,16-9-7-6-8-10-16)13-21(2,3)23(19)14-25-20(17)24/h6-12H,5,13-14H2,1-4H3. The lowest BCUT2D eigenvalue weighted by Gasteiger charge is -2.53. The number of carbonyl (C=O) groups is 1. The van der Waals surface area contributed by atoms with E-state index in [9.17, 15) is 4.79 Å². The van der Waals surface area contributed by atoms with Crippen LogP contribution in [0.25, 0.3) is 0 Å². The van der Waals surface area contributed by atoms with Crippen LogP contribution in [-0.2, 0) is 16.6 Å². The molecule has 130 valence electrons. The first kappa shape index (κ1) is 16.2. The third kappa shape index (κ3) is 2.29. The van der Waals surface area contributed by atoms with Crippen LogP contribution in [0.3, 0.4) is 0 Å². The molecular formula is C22H25NO2. The van der Waals surface area contributed by atoms with Crippen molar-refractivity contribution in [3.8, 4) is 0 Å². The van der Waals surface area contributed by atoms with E-state index >= 15 is 0 Å². The number of anilines is 1. The normalized spacial score (nSPS) is 23.8. The number of hydrogen-bond donors (Lipinski definition) is 0. The Hall–Kier alpha value is -2.29. The summed E-state index contributed by atoms with van der Waals surface area (Å²) in [6, 6.07) is 15.0. The molecule has 2 aliphatic rings. The van der Waals surface area contributed by atoms with Gasteiger partial charge >= 0.3 is 5.97 Å². The molecule has 1 atom stereocenters. The van der Waals surface area contributed by atoms with E-state index in [1.165, 1.54) is 16.7 Å². The second kappa shape index (κ2) is 5.35. The molecule has 0 N–H and O–H groups in total. The lowest BCUT2D eigenvalue weighted by molar-refractivity contribution is 0.0440. The van der Waals surface area contributed by atoms with Crippen molar-refractivity contribution in [2.45, 2.75) is 51.5 Å². The van der Waals surface area contributed by atoms with Crippen LogP contribution in [-0.4, -0.2) is 18.2 Å². The van der Waals surface area contributed by atoms with E-state index in [4.69, 9.17) is 4.74 Å². The Labute approximate surface area is 149 Å². The minimum Gasteiger partial charge on any atom is -0.441 e. The van der Waals surface area contributed by atoms with Crippen LogP contribution < -0.4 is 4.90 Å². The molecule has 3 heteroatoms. The molecule has 0 spiro atoms. The zero-order valence-corrected chi connectivity index (χ0v) is 15.4. The summed E-state index contributed by atoms with van der Waals surface area (Å²) in [5.41, 5.74) is 5.30. The molecule has 0 saturated carbocycles. The largest absolute Gasteiger partial charge is 0.441 e. The molecule has 0 bridgehead atoms. The number of ether oxygens (including phenoxy) is 1. The highest BCUT2D eigenvalue weighted by Gasteiger charge is 2.49. The predicted octanol–water partition coefficient (Wildman–Crippen LogP) is 4.67. The number of aryl methyl sites for hydroxylation is 1. The fourth-order valence-electron chi connectivity index (χ4n) is 4.63. The van der Waals surface area contributed by atoms with Gasteiger partial charge in [-0.3, -0.25) is 0 Å². The first-order chi connectivity index (χ1) is 11.9. The van der Waals surface area contributed by atoms with Crippen LogP contribution in [0.15, 0.2) is 42.5 Å². The summed E-state index contributed by atoms with van der Waals surface area (Å²) in [7, 11) is 0. The Morgan fingerprint density at radius 2 is 1.84 bits per heavy atom. The molecule has 0 radical (unpaired) electrons. The average Bonchev–Trinajstić information content (AvgIpc) is 2.60. The summed E-state index contributed by atoms with van der Waals surface area (Å²) in [5, 5.41) is 0. The maximum absolute atomic E-state index is 12.5. The molecule has 25 heavy (non-hydrogen) atoms. The summed E-state index contributed by atoms with van der Waals surface area (Å²) in [6.07, 6.45) is 1.88. The fourth-order valence-corrected chi connectivity index (χ4v) is 4.63. The second-order valence-corrected chi connectivity index (χ2v) is 8.07. The van der Waals surface area contributed by atoms with Gasteiger partial charge in [-0.2, -0.15) is 0 Å². The molecule has 0 aromatic heterocycles. The lowest BCUT2D eigenvalue weighted by Crippen LogP contribution is -2.56. The Morgan fingerprint density at radius 3 is 2.52 bits per heavy atom. The number of benzene rings is 2. The fraction of sp³-hybridized carbons (Fsp3) is 0.409. The van der Waals surface area contributed by atoms with E-state index in [0.29, 0.717) is 6.73 Å². The molecule has 2 aliphatic heterocycles. The van der Waals surface area contributed by atoms with E-state index < -0.39 is 0 Å². The minimum atomic E-state index is -0.198. The molecule has 2 aromatic rings. The van der Waals surface area contributed by atoms with Crippen LogP contribution in [0.4, 0.5) is 5.69 Å². The number of carbonyl (C=O) groups excluding carboxylic acids is 1. The van der Waals surface area contributed by atoms with Crippen molar-refractivity contribution in [2.24, 2.45) is 0 Å². The van der Waals surface area contributed by atoms with E-state index in [-0.39, 0.29) is 16.9 Å². The Morgan fingerprint density at radius 1 is 1.12 bits per heavy atom. The highest BCUT2D eigenvalue weighted by atomic mass is 16.5. The van der Waals surface area contributed by atoms with Crippen molar-refractivity contribution < 1.29 is 9.53 Å². The Balaban J connectivity index is 2.05. The molecular weight excluding hydrogens is 310 g/mol. The van der Waals surface area contributed by atoms with Gasteiger partial charge in [-0.05, 0) is 49.4 Å². The molecule has 3 nitrogen and oxygen atoms in total. The second-order valence-electron chi connectivity index (χ2n) is 8.07. The number of nitrogens with zero attached hydrogens (tertiary/aromatic N) is 1. The van der Waals surface area contributed by atoms with Gasteiger partial charge in [-0.25, -0.2) is 4.79 Å². The van der Waals surface area contributed by atoms with Crippen molar-refractivity contribution in [1.82, 2.24) is 0 Å². The average molecular weight is 335 g/mol. The van der Waals surface area contributed by atoms with E-state index in [1.807, 2.05) is 6.07 Å². The summed E-state index contributed by atoms with van der Waals surface area (Å²) in [6.45, 7) is 9.27. The van der Waals surface area contributed by atoms with Gasteiger partial charge in [0, 0.05) is 11.0 Å². The molecule has 2 heterocycles. The van der Waals surface area contributed by atoms with Gasteiger partial charge in [0.15, 0.2) is 6.73 Å². The van der Waals surface area contributed by atoms with E-state index in [0.717, 1.165) is 24.1 Å². The number of esters is 1. The molecule has 0 fully saturated rings. The summed E-state index contributed by atoms with van der Waals surface area (Å²) in [4.78, 5) is 14.8. The van der Waals surface area contributed by atoms with Gasteiger partial charge in [0.1, 0.15) is 0 Å². The van der Waals surface area contributed by atoms with Crippen LogP contribution in [0, 0.1) is 0 Å². The van der Waals surface area contributed by atoms with Gasteiger partial charge in [0.25, 0.3) is 0 Å². The number of cyclic esters (lactones) is 1. The zero-order chi connectivity index (χ0) is 17.8. The smallest absolute Gasteiger partial charge is 0.341 e. The first-order valence-electron chi connectivity index (χ1n) is 9.04. The Kier molecular flexibility index (Phi) is 3.47. The third-order valence-corrected chi connectivity index (χ3v) is 5.91. The van der Waals surface area contributed by atoms with Gasteiger partial charge in [0.2, 0.25) is 0 Å². The Bertz CT molecular complexity index is 841. The van der Waals surface area contributed by atoms with Crippen molar-refractivity contribution in [3.63, 3.8) is 0 Å². The number of hydrogen-bond acceptors (Lipinski definition) is 3. The monoisotopic (exact) mass is 335 g/mol. The summed E-state index contributed by atoms with van der Waals surface area (Å²) in [5.74, 6) is -0.198. The van der Waals surface area contributed by atoms with E-state index in [1.54, 1.807) is 0 Å². The van der Waals surface area contributed by atoms with Gasteiger partial charge in [0.05, 0.1) is 11.3 Å². The van der Waals surface area contributed by atoms with Crippen molar-refractivity contribution >= 4 is 11.7 Å². The number of rotatable bonds is 2. The zero-order valence-electron chi connectivity index (χ0n) is 15.4. The predicted molar refractivity (Wildman–Crippen MR) is 100 cm³/mol. The van der Waals surface area contributed by atoms with E-state index in [2.05, 4.69) is 69.0 Å².